The monoisotopic (exact) mass is 263 g/mol. The molecule has 0 fully saturated rings. The van der Waals surface area contributed by atoms with Gasteiger partial charge in [0, 0.05) is 23.0 Å². The Labute approximate surface area is 111 Å². The van der Waals surface area contributed by atoms with Crippen LogP contribution >= 0.6 is 11.3 Å². The molecule has 0 radical (unpaired) electrons. The van der Waals surface area contributed by atoms with E-state index in [2.05, 4.69) is 23.7 Å². The average molecular weight is 263 g/mol. The number of hydrogen-bond donors (Lipinski definition) is 3. The van der Waals surface area contributed by atoms with E-state index in [-0.39, 0.29) is 23.6 Å². The summed E-state index contributed by atoms with van der Waals surface area (Å²) in [6.07, 6.45) is 0. The van der Waals surface area contributed by atoms with Crippen molar-refractivity contribution in [3.05, 3.63) is 46.2 Å². The number of rotatable bonds is 4. The molecule has 1 heterocycles. The van der Waals surface area contributed by atoms with Gasteiger partial charge in [0.2, 0.25) is 0 Å². The first-order chi connectivity index (χ1) is 8.56. The Kier molecular flexibility index (Phi) is 3.89. The summed E-state index contributed by atoms with van der Waals surface area (Å²) in [7, 11) is 0. The molecule has 96 valence electrons. The lowest BCUT2D eigenvalue weighted by molar-refractivity contribution is 0.442. The van der Waals surface area contributed by atoms with E-state index in [0.29, 0.717) is 0 Å². The highest BCUT2D eigenvalue weighted by Crippen LogP contribution is 2.27. The summed E-state index contributed by atoms with van der Waals surface area (Å²) in [4.78, 5) is 1.27. The van der Waals surface area contributed by atoms with Gasteiger partial charge in [0.1, 0.15) is 11.5 Å². The predicted octanol–water partition coefficient (Wildman–Crippen LogP) is 3.57. The van der Waals surface area contributed by atoms with Crippen molar-refractivity contribution < 1.29 is 10.2 Å². The van der Waals surface area contributed by atoms with Crippen molar-refractivity contribution in [2.45, 2.75) is 25.9 Å². The van der Waals surface area contributed by atoms with Crippen molar-refractivity contribution in [2.24, 2.45) is 0 Å². The summed E-state index contributed by atoms with van der Waals surface area (Å²) in [6, 6.07) is 9.08. The summed E-state index contributed by atoms with van der Waals surface area (Å²) >= 11 is 1.71. The number of aromatic hydroxyl groups is 2. The molecule has 2 rings (SSSR count). The van der Waals surface area contributed by atoms with Crippen molar-refractivity contribution in [3.63, 3.8) is 0 Å². The third kappa shape index (κ3) is 3.03. The van der Waals surface area contributed by atoms with Gasteiger partial charge in [0.05, 0.1) is 0 Å². The minimum absolute atomic E-state index is 0.0556. The molecule has 18 heavy (non-hydrogen) atoms. The molecule has 0 saturated heterocycles. The highest BCUT2D eigenvalue weighted by Gasteiger charge is 2.13. The number of phenols is 2. The molecule has 0 aliphatic heterocycles. The smallest absolute Gasteiger partial charge is 0.119 e. The zero-order chi connectivity index (χ0) is 13.1. The first-order valence-corrected chi connectivity index (χ1v) is 6.76. The van der Waals surface area contributed by atoms with Crippen LogP contribution < -0.4 is 5.32 Å². The third-order valence-electron chi connectivity index (χ3n) is 2.89. The van der Waals surface area contributed by atoms with Gasteiger partial charge in [-0.05, 0) is 43.0 Å². The number of benzene rings is 1. The van der Waals surface area contributed by atoms with Gasteiger partial charge in [-0.15, -0.1) is 11.3 Å². The van der Waals surface area contributed by atoms with E-state index in [0.717, 1.165) is 5.56 Å². The van der Waals surface area contributed by atoms with E-state index in [4.69, 9.17) is 0 Å². The maximum atomic E-state index is 9.48. The van der Waals surface area contributed by atoms with Crippen LogP contribution in [0.4, 0.5) is 0 Å². The standard InChI is InChI=1S/C14H17NO2S/c1-9(11-6-12(16)8-13(17)7-11)15-10(2)14-4-3-5-18-14/h3-10,15-17H,1-2H3. The van der Waals surface area contributed by atoms with Crippen LogP contribution in [-0.4, -0.2) is 10.2 Å². The van der Waals surface area contributed by atoms with Gasteiger partial charge in [-0.2, -0.15) is 0 Å². The highest BCUT2D eigenvalue weighted by atomic mass is 32.1. The van der Waals surface area contributed by atoms with E-state index in [1.165, 1.54) is 10.9 Å². The molecule has 2 unspecified atom stereocenters. The normalized spacial score (nSPS) is 14.3. The van der Waals surface area contributed by atoms with Crippen LogP contribution in [0.15, 0.2) is 35.7 Å². The van der Waals surface area contributed by atoms with Crippen molar-refractivity contribution in [3.8, 4) is 11.5 Å². The van der Waals surface area contributed by atoms with E-state index < -0.39 is 0 Å². The van der Waals surface area contributed by atoms with Crippen LogP contribution in [0, 0.1) is 0 Å². The summed E-state index contributed by atoms with van der Waals surface area (Å²) in [6.45, 7) is 4.11. The van der Waals surface area contributed by atoms with Gasteiger partial charge < -0.3 is 15.5 Å². The molecule has 3 nitrogen and oxygen atoms in total. The van der Waals surface area contributed by atoms with Gasteiger partial charge in [-0.1, -0.05) is 6.07 Å². The first-order valence-electron chi connectivity index (χ1n) is 5.88. The van der Waals surface area contributed by atoms with E-state index >= 15 is 0 Å². The molecule has 0 aliphatic rings. The molecule has 2 aromatic rings. The van der Waals surface area contributed by atoms with Gasteiger partial charge in [-0.3, -0.25) is 0 Å². The SMILES string of the molecule is CC(NC(C)c1cccs1)c1cc(O)cc(O)c1. The maximum absolute atomic E-state index is 9.48. The minimum atomic E-state index is 0.0556. The third-order valence-corrected chi connectivity index (χ3v) is 3.95. The quantitative estimate of drug-likeness (QED) is 0.790. The van der Waals surface area contributed by atoms with Gasteiger partial charge >= 0.3 is 0 Å². The Balaban J connectivity index is 2.09. The largest absolute Gasteiger partial charge is 0.508 e. The molecule has 0 spiro atoms. The molecular formula is C14H17NO2S. The van der Waals surface area contributed by atoms with E-state index in [9.17, 15) is 10.2 Å². The van der Waals surface area contributed by atoms with Crippen LogP contribution in [0.3, 0.4) is 0 Å². The van der Waals surface area contributed by atoms with Gasteiger partial charge in [0.25, 0.3) is 0 Å². The summed E-state index contributed by atoms with van der Waals surface area (Å²) < 4.78 is 0. The molecule has 3 N–H and O–H groups in total. The Bertz CT molecular complexity index is 490. The molecule has 0 saturated carbocycles. The fraction of sp³-hybridized carbons (Fsp3) is 0.286. The highest BCUT2D eigenvalue weighted by molar-refractivity contribution is 7.10. The second kappa shape index (κ2) is 5.42. The lowest BCUT2D eigenvalue weighted by atomic mass is 10.1. The van der Waals surface area contributed by atoms with Crippen molar-refractivity contribution >= 4 is 11.3 Å². The molecule has 0 aliphatic carbocycles. The summed E-state index contributed by atoms with van der Waals surface area (Å²) in [5.74, 6) is 0.171. The topological polar surface area (TPSA) is 52.5 Å². The van der Waals surface area contributed by atoms with E-state index in [1.54, 1.807) is 23.5 Å². The Morgan fingerprint density at radius 3 is 2.28 bits per heavy atom. The fourth-order valence-electron chi connectivity index (χ4n) is 1.96. The number of phenolic OH excluding ortho intramolecular Hbond substituents is 2. The summed E-state index contributed by atoms with van der Waals surface area (Å²) in [5.41, 5.74) is 0.871. The van der Waals surface area contributed by atoms with Gasteiger partial charge in [-0.25, -0.2) is 0 Å². The van der Waals surface area contributed by atoms with Crippen LogP contribution in [0.25, 0.3) is 0 Å². The number of nitrogens with one attached hydrogen (secondary N) is 1. The zero-order valence-corrected chi connectivity index (χ0v) is 11.2. The number of thiophene rings is 1. The maximum Gasteiger partial charge on any atom is 0.119 e. The number of hydrogen-bond acceptors (Lipinski definition) is 4. The van der Waals surface area contributed by atoms with Crippen LogP contribution in [0.1, 0.15) is 36.4 Å². The van der Waals surface area contributed by atoms with Crippen LogP contribution in [0.2, 0.25) is 0 Å². The Morgan fingerprint density at radius 2 is 1.72 bits per heavy atom. The first kappa shape index (κ1) is 12.9. The Hall–Kier alpha value is -1.52. The Morgan fingerprint density at radius 1 is 1.06 bits per heavy atom. The summed E-state index contributed by atoms with van der Waals surface area (Å²) in [5, 5.41) is 24.4. The predicted molar refractivity (Wildman–Crippen MR) is 74.1 cm³/mol. The lowest BCUT2D eigenvalue weighted by Crippen LogP contribution is -2.21. The lowest BCUT2D eigenvalue weighted by Gasteiger charge is -2.19. The molecule has 1 aromatic carbocycles. The second-order valence-corrected chi connectivity index (χ2v) is 5.39. The van der Waals surface area contributed by atoms with E-state index in [1.807, 2.05) is 13.0 Å². The van der Waals surface area contributed by atoms with Crippen LogP contribution in [0.5, 0.6) is 11.5 Å². The molecular weight excluding hydrogens is 246 g/mol. The second-order valence-electron chi connectivity index (χ2n) is 4.41. The van der Waals surface area contributed by atoms with Crippen LogP contribution in [-0.2, 0) is 0 Å². The molecule has 4 heteroatoms. The average Bonchev–Trinajstić information content (AvgIpc) is 2.80. The van der Waals surface area contributed by atoms with Gasteiger partial charge in [0.15, 0.2) is 0 Å². The molecule has 2 atom stereocenters. The molecule has 0 amide bonds. The molecule has 0 bridgehead atoms. The fourth-order valence-corrected chi connectivity index (χ4v) is 2.70. The van der Waals surface area contributed by atoms with Crippen molar-refractivity contribution in [1.82, 2.24) is 5.32 Å². The van der Waals surface area contributed by atoms with Crippen molar-refractivity contribution in [1.29, 1.82) is 0 Å². The minimum Gasteiger partial charge on any atom is -0.508 e. The zero-order valence-electron chi connectivity index (χ0n) is 10.4. The molecule has 1 aromatic heterocycles. The van der Waals surface area contributed by atoms with Crippen molar-refractivity contribution in [2.75, 3.05) is 0 Å².